The zero-order valence-corrected chi connectivity index (χ0v) is 15.7. The molecular weight excluding hydrogens is 364 g/mol. The van der Waals surface area contributed by atoms with Gasteiger partial charge in [0.25, 0.3) is 0 Å². The molecule has 0 saturated heterocycles. The van der Waals surface area contributed by atoms with Crippen LogP contribution in [0.4, 0.5) is 10.5 Å². The highest BCUT2D eigenvalue weighted by molar-refractivity contribution is 7.11. The molecule has 2 aromatic rings. The predicted molar refractivity (Wildman–Crippen MR) is 97.1 cm³/mol. The SMILES string of the molecule is CCc1nnc(CNC(=O)Nc2ccc(Cl)c(C(=O)OC(C)C)c2)s1. The summed E-state index contributed by atoms with van der Waals surface area (Å²) < 4.78 is 5.13. The molecule has 7 nitrogen and oxygen atoms in total. The lowest BCUT2D eigenvalue weighted by Crippen LogP contribution is -2.28. The average Bonchev–Trinajstić information content (AvgIpc) is 3.02. The Morgan fingerprint density at radius 1 is 1.28 bits per heavy atom. The Morgan fingerprint density at radius 2 is 2.00 bits per heavy atom. The van der Waals surface area contributed by atoms with Crippen LogP contribution in [0.2, 0.25) is 5.02 Å². The number of urea groups is 1. The van der Waals surface area contributed by atoms with Crippen molar-refractivity contribution in [1.29, 1.82) is 0 Å². The Kier molecular flexibility index (Phi) is 6.72. The Labute approximate surface area is 154 Å². The first kappa shape index (κ1) is 19.1. The van der Waals surface area contributed by atoms with E-state index in [1.807, 2.05) is 6.92 Å². The Hall–Kier alpha value is -2.19. The van der Waals surface area contributed by atoms with E-state index in [4.69, 9.17) is 16.3 Å². The first-order valence-electron chi connectivity index (χ1n) is 7.75. The largest absolute Gasteiger partial charge is 0.459 e. The minimum absolute atomic E-state index is 0.199. The first-order chi connectivity index (χ1) is 11.9. The van der Waals surface area contributed by atoms with Crippen molar-refractivity contribution in [2.45, 2.75) is 39.8 Å². The standard InChI is InChI=1S/C16H19ClN4O3S/c1-4-13-20-21-14(25-13)8-18-16(23)19-10-5-6-12(17)11(7-10)15(22)24-9(2)3/h5-7,9H,4,8H2,1-3H3,(H2,18,19,23). The van der Waals surface area contributed by atoms with Gasteiger partial charge in [0, 0.05) is 5.69 Å². The van der Waals surface area contributed by atoms with Crippen LogP contribution in [0.1, 0.15) is 41.1 Å². The van der Waals surface area contributed by atoms with Crippen LogP contribution in [0.25, 0.3) is 0 Å². The molecule has 0 aliphatic heterocycles. The molecule has 25 heavy (non-hydrogen) atoms. The first-order valence-corrected chi connectivity index (χ1v) is 8.95. The molecule has 2 N–H and O–H groups in total. The van der Waals surface area contributed by atoms with Gasteiger partial charge in [0.05, 0.1) is 23.2 Å². The minimum Gasteiger partial charge on any atom is -0.459 e. The third-order valence-electron chi connectivity index (χ3n) is 3.00. The summed E-state index contributed by atoms with van der Waals surface area (Å²) in [7, 11) is 0. The molecule has 0 aliphatic rings. The number of aromatic nitrogens is 2. The number of anilines is 1. The maximum atomic E-state index is 12.0. The lowest BCUT2D eigenvalue weighted by molar-refractivity contribution is 0.0378. The summed E-state index contributed by atoms with van der Waals surface area (Å²) in [5.41, 5.74) is 0.633. The van der Waals surface area contributed by atoms with Crippen molar-refractivity contribution >= 4 is 40.6 Å². The van der Waals surface area contributed by atoms with Crippen molar-refractivity contribution in [2.75, 3.05) is 5.32 Å². The van der Waals surface area contributed by atoms with Gasteiger partial charge in [0.2, 0.25) is 0 Å². The van der Waals surface area contributed by atoms with E-state index in [1.54, 1.807) is 19.9 Å². The van der Waals surface area contributed by atoms with Gasteiger partial charge < -0.3 is 15.4 Å². The van der Waals surface area contributed by atoms with Gasteiger partial charge >= 0.3 is 12.0 Å². The molecule has 0 fully saturated rings. The quantitative estimate of drug-likeness (QED) is 0.744. The van der Waals surface area contributed by atoms with Gasteiger partial charge in [-0.05, 0) is 38.5 Å². The lowest BCUT2D eigenvalue weighted by atomic mass is 10.2. The van der Waals surface area contributed by atoms with Gasteiger partial charge in [0.1, 0.15) is 10.0 Å². The molecule has 0 bridgehead atoms. The molecule has 0 aliphatic carbocycles. The number of ether oxygens (including phenoxy) is 1. The van der Waals surface area contributed by atoms with Gasteiger partial charge in [-0.15, -0.1) is 10.2 Å². The fraction of sp³-hybridized carbons (Fsp3) is 0.375. The van der Waals surface area contributed by atoms with Crippen LogP contribution in [0.3, 0.4) is 0 Å². The summed E-state index contributed by atoms with van der Waals surface area (Å²) in [5, 5.41) is 15.2. The monoisotopic (exact) mass is 382 g/mol. The molecule has 1 aromatic carbocycles. The number of aryl methyl sites for hydroxylation is 1. The number of hydrogen-bond acceptors (Lipinski definition) is 6. The van der Waals surface area contributed by atoms with Crippen molar-refractivity contribution in [1.82, 2.24) is 15.5 Å². The molecule has 0 atom stereocenters. The predicted octanol–water partition coefficient (Wildman–Crippen LogP) is 3.64. The second kappa shape index (κ2) is 8.77. The summed E-state index contributed by atoms with van der Waals surface area (Å²) in [4.78, 5) is 24.0. The van der Waals surface area contributed by atoms with Gasteiger partial charge in [0.15, 0.2) is 0 Å². The highest BCUT2D eigenvalue weighted by Gasteiger charge is 2.15. The minimum atomic E-state index is -0.537. The lowest BCUT2D eigenvalue weighted by Gasteiger charge is -2.11. The second-order valence-electron chi connectivity index (χ2n) is 5.40. The van der Waals surface area contributed by atoms with Gasteiger partial charge in [-0.3, -0.25) is 0 Å². The maximum Gasteiger partial charge on any atom is 0.339 e. The number of esters is 1. The number of benzene rings is 1. The second-order valence-corrected chi connectivity index (χ2v) is 6.95. The molecule has 0 spiro atoms. The van der Waals surface area contributed by atoms with Crippen molar-refractivity contribution < 1.29 is 14.3 Å². The molecule has 1 heterocycles. The normalized spacial score (nSPS) is 10.6. The molecule has 9 heteroatoms. The maximum absolute atomic E-state index is 12.0. The number of carbonyl (C=O) groups is 2. The van der Waals surface area contributed by atoms with E-state index < -0.39 is 12.0 Å². The number of rotatable bonds is 6. The molecular formula is C16H19ClN4O3S. The van der Waals surface area contributed by atoms with Gasteiger partial charge in [-0.2, -0.15) is 0 Å². The van der Waals surface area contributed by atoms with E-state index in [0.29, 0.717) is 5.69 Å². The van der Waals surface area contributed by atoms with E-state index in [1.165, 1.54) is 23.5 Å². The molecule has 134 valence electrons. The Morgan fingerprint density at radius 3 is 2.64 bits per heavy atom. The van der Waals surface area contributed by atoms with Crippen LogP contribution < -0.4 is 10.6 Å². The number of nitrogens with one attached hydrogen (secondary N) is 2. The van der Waals surface area contributed by atoms with E-state index >= 15 is 0 Å². The molecule has 0 saturated carbocycles. The summed E-state index contributed by atoms with van der Waals surface area (Å²) >= 11 is 7.48. The van der Waals surface area contributed by atoms with E-state index in [-0.39, 0.29) is 23.2 Å². The number of halogens is 1. The highest BCUT2D eigenvalue weighted by atomic mass is 35.5. The summed E-state index contributed by atoms with van der Waals surface area (Å²) in [5.74, 6) is -0.537. The molecule has 0 unspecified atom stereocenters. The van der Waals surface area contributed by atoms with Crippen LogP contribution in [0.15, 0.2) is 18.2 Å². The fourth-order valence-corrected chi connectivity index (χ4v) is 2.79. The van der Waals surface area contributed by atoms with Gasteiger partial charge in [-0.1, -0.05) is 29.9 Å². The smallest absolute Gasteiger partial charge is 0.339 e. The van der Waals surface area contributed by atoms with Crippen LogP contribution >= 0.6 is 22.9 Å². The van der Waals surface area contributed by atoms with Crippen molar-refractivity contribution in [3.05, 3.63) is 38.8 Å². The number of amides is 2. The molecule has 1 aromatic heterocycles. The molecule has 0 radical (unpaired) electrons. The van der Waals surface area contributed by atoms with Crippen LogP contribution in [0, 0.1) is 0 Å². The topological polar surface area (TPSA) is 93.2 Å². The number of hydrogen-bond donors (Lipinski definition) is 2. The number of nitrogens with zero attached hydrogens (tertiary/aromatic N) is 2. The number of carbonyl (C=O) groups excluding carboxylic acids is 2. The summed E-state index contributed by atoms with van der Waals surface area (Å²) in [6, 6.07) is 4.20. The zero-order valence-electron chi connectivity index (χ0n) is 14.1. The Bertz CT molecular complexity index is 764. The third kappa shape index (κ3) is 5.68. The van der Waals surface area contributed by atoms with Crippen molar-refractivity contribution in [3.8, 4) is 0 Å². The van der Waals surface area contributed by atoms with Crippen LogP contribution in [0.5, 0.6) is 0 Å². The zero-order chi connectivity index (χ0) is 18.4. The Balaban J connectivity index is 1.97. The van der Waals surface area contributed by atoms with E-state index in [0.717, 1.165) is 16.4 Å². The van der Waals surface area contributed by atoms with Crippen molar-refractivity contribution in [2.24, 2.45) is 0 Å². The fourth-order valence-electron chi connectivity index (χ4n) is 1.87. The highest BCUT2D eigenvalue weighted by Crippen LogP contribution is 2.22. The summed E-state index contributed by atoms with van der Waals surface area (Å²) in [6.07, 6.45) is 0.549. The van der Waals surface area contributed by atoms with Crippen molar-refractivity contribution in [3.63, 3.8) is 0 Å². The molecule has 2 rings (SSSR count). The third-order valence-corrected chi connectivity index (χ3v) is 4.40. The summed E-state index contributed by atoms with van der Waals surface area (Å²) in [6.45, 7) is 5.77. The molecule has 2 amide bonds. The average molecular weight is 383 g/mol. The van der Waals surface area contributed by atoms with Gasteiger partial charge in [-0.25, -0.2) is 9.59 Å². The van der Waals surface area contributed by atoms with Crippen LogP contribution in [-0.4, -0.2) is 28.3 Å². The van der Waals surface area contributed by atoms with Crippen LogP contribution in [-0.2, 0) is 17.7 Å². The van der Waals surface area contributed by atoms with E-state index in [9.17, 15) is 9.59 Å². The van der Waals surface area contributed by atoms with E-state index in [2.05, 4.69) is 20.8 Å².